The number of terminal acetylenes is 1. The van der Waals surface area contributed by atoms with Crippen LogP contribution >= 0.6 is 0 Å². The van der Waals surface area contributed by atoms with Gasteiger partial charge in [-0.2, -0.15) is 0 Å². The van der Waals surface area contributed by atoms with Gasteiger partial charge in [0, 0.05) is 18.5 Å². The molecule has 0 saturated heterocycles. The van der Waals surface area contributed by atoms with Crippen molar-refractivity contribution in [1.29, 1.82) is 0 Å². The smallest absolute Gasteiger partial charge is 0.246 e. The van der Waals surface area contributed by atoms with E-state index in [9.17, 15) is 4.79 Å². The number of amides is 1. The fourth-order valence-electron chi connectivity index (χ4n) is 0.534. The average molecular weight is 151 g/mol. The molecule has 11 heavy (non-hydrogen) atoms. The standard InChI is InChI=1S/C9H13NO/c1-4-6-7-10-9(11)8(3)5-2/h1H,3,5-7H2,2H3,(H,10,11). The molecular weight excluding hydrogens is 138 g/mol. The zero-order chi connectivity index (χ0) is 8.69. The average Bonchev–Trinajstić information content (AvgIpc) is 2.03. The maximum atomic E-state index is 11.0. The van der Waals surface area contributed by atoms with E-state index in [0.717, 1.165) is 0 Å². The molecule has 0 unspecified atom stereocenters. The maximum absolute atomic E-state index is 11.0. The molecule has 0 rings (SSSR count). The molecule has 2 nitrogen and oxygen atoms in total. The van der Waals surface area contributed by atoms with Gasteiger partial charge in [0.05, 0.1) is 0 Å². The molecule has 0 fully saturated rings. The third-order valence-electron chi connectivity index (χ3n) is 1.30. The molecule has 0 aromatic heterocycles. The van der Waals surface area contributed by atoms with Crippen LogP contribution in [0.4, 0.5) is 0 Å². The van der Waals surface area contributed by atoms with E-state index >= 15 is 0 Å². The largest absolute Gasteiger partial charge is 0.351 e. The first kappa shape index (κ1) is 9.77. The summed E-state index contributed by atoms with van der Waals surface area (Å²) in [4.78, 5) is 11.0. The van der Waals surface area contributed by atoms with Crippen molar-refractivity contribution in [2.75, 3.05) is 6.54 Å². The van der Waals surface area contributed by atoms with Gasteiger partial charge in [0.25, 0.3) is 0 Å². The summed E-state index contributed by atoms with van der Waals surface area (Å²) in [6.45, 7) is 6.02. The summed E-state index contributed by atoms with van der Waals surface area (Å²) in [6, 6.07) is 0. The molecular formula is C9H13NO. The first-order valence-electron chi connectivity index (χ1n) is 3.61. The molecule has 1 N–H and O–H groups in total. The van der Waals surface area contributed by atoms with Crippen LogP contribution in [-0.4, -0.2) is 12.5 Å². The van der Waals surface area contributed by atoms with Gasteiger partial charge >= 0.3 is 0 Å². The normalized spacial score (nSPS) is 8.36. The summed E-state index contributed by atoms with van der Waals surface area (Å²) in [5.41, 5.74) is 0.599. The van der Waals surface area contributed by atoms with Crippen LogP contribution in [0.3, 0.4) is 0 Å². The number of hydrogen-bond donors (Lipinski definition) is 1. The highest BCUT2D eigenvalue weighted by atomic mass is 16.1. The van der Waals surface area contributed by atoms with E-state index in [0.29, 0.717) is 25.0 Å². The van der Waals surface area contributed by atoms with Gasteiger partial charge in [-0.05, 0) is 6.42 Å². The van der Waals surface area contributed by atoms with Crippen LogP contribution < -0.4 is 5.32 Å². The molecule has 0 aliphatic carbocycles. The van der Waals surface area contributed by atoms with Gasteiger partial charge in [-0.15, -0.1) is 12.3 Å². The first-order valence-corrected chi connectivity index (χ1v) is 3.61. The van der Waals surface area contributed by atoms with Crippen molar-refractivity contribution in [2.24, 2.45) is 0 Å². The molecule has 0 aromatic carbocycles. The Labute approximate surface area is 67.7 Å². The topological polar surface area (TPSA) is 29.1 Å². The van der Waals surface area contributed by atoms with E-state index in [2.05, 4.69) is 17.8 Å². The molecule has 1 amide bonds. The first-order chi connectivity index (χ1) is 5.22. The number of rotatable bonds is 4. The molecule has 0 atom stereocenters. The summed E-state index contributed by atoms with van der Waals surface area (Å²) in [6.07, 6.45) is 6.25. The number of carbonyl (C=O) groups is 1. The van der Waals surface area contributed by atoms with E-state index in [1.54, 1.807) is 0 Å². The summed E-state index contributed by atoms with van der Waals surface area (Å²) < 4.78 is 0. The fraction of sp³-hybridized carbons (Fsp3) is 0.444. The second kappa shape index (κ2) is 5.55. The quantitative estimate of drug-likeness (QED) is 0.364. The van der Waals surface area contributed by atoms with Crippen LogP contribution in [-0.2, 0) is 4.79 Å². The lowest BCUT2D eigenvalue weighted by Gasteiger charge is -2.02. The van der Waals surface area contributed by atoms with Gasteiger partial charge in [-0.3, -0.25) is 4.79 Å². The maximum Gasteiger partial charge on any atom is 0.246 e. The Bertz CT molecular complexity index is 188. The Morgan fingerprint density at radius 3 is 2.82 bits per heavy atom. The number of carbonyl (C=O) groups excluding carboxylic acids is 1. The van der Waals surface area contributed by atoms with Crippen molar-refractivity contribution in [3.63, 3.8) is 0 Å². The van der Waals surface area contributed by atoms with Crippen LogP contribution in [0.1, 0.15) is 19.8 Å². The summed E-state index contributed by atoms with van der Waals surface area (Å²) in [5, 5.41) is 2.65. The van der Waals surface area contributed by atoms with Crippen molar-refractivity contribution >= 4 is 5.91 Å². The third-order valence-corrected chi connectivity index (χ3v) is 1.30. The summed E-state index contributed by atoms with van der Waals surface area (Å²) >= 11 is 0. The van der Waals surface area contributed by atoms with E-state index in [4.69, 9.17) is 6.42 Å². The highest BCUT2D eigenvalue weighted by Crippen LogP contribution is 1.94. The van der Waals surface area contributed by atoms with Gasteiger partial charge in [0.15, 0.2) is 0 Å². The molecule has 60 valence electrons. The lowest BCUT2D eigenvalue weighted by atomic mass is 10.2. The van der Waals surface area contributed by atoms with Crippen LogP contribution in [0, 0.1) is 12.3 Å². The predicted molar refractivity (Wildman–Crippen MR) is 45.9 cm³/mol. The van der Waals surface area contributed by atoms with Crippen LogP contribution in [0.15, 0.2) is 12.2 Å². The molecule has 0 saturated carbocycles. The van der Waals surface area contributed by atoms with Crippen molar-refractivity contribution in [3.8, 4) is 12.3 Å². The molecule has 0 heterocycles. The van der Waals surface area contributed by atoms with E-state index < -0.39 is 0 Å². The Morgan fingerprint density at radius 1 is 1.73 bits per heavy atom. The van der Waals surface area contributed by atoms with Gasteiger partial charge in [0.1, 0.15) is 0 Å². The minimum Gasteiger partial charge on any atom is -0.351 e. The Hall–Kier alpha value is -1.23. The second-order valence-corrected chi connectivity index (χ2v) is 2.17. The second-order valence-electron chi connectivity index (χ2n) is 2.17. The Balaban J connectivity index is 3.54. The SMILES string of the molecule is C#CCCNC(=O)C(=C)CC. The number of nitrogens with one attached hydrogen (secondary N) is 1. The summed E-state index contributed by atoms with van der Waals surface area (Å²) in [5.74, 6) is 2.34. The van der Waals surface area contributed by atoms with Crippen LogP contribution in [0.25, 0.3) is 0 Å². The third kappa shape index (κ3) is 4.21. The predicted octanol–water partition coefficient (Wildman–Crippen LogP) is 1.09. The minimum absolute atomic E-state index is 0.0947. The van der Waals surface area contributed by atoms with Crippen molar-refractivity contribution < 1.29 is 4.79 Å². The van der Waals surface area contributed by atoms with Crippen molar-refractivity contribution in [3.05, 3.63) is 12.2 Å². The number of hydrogen-bond acceptors (Lipinski definition) is 1. The van der Waals surface area contributed by atoms with Crippen LogP contribution in [0.2, 0.25) is 0 Å². The molecule has 0 spiro atoms. The zero-order valence-corrected chi connectivity index (χ0v) is 6.81. The molecule has 0 aliphatic rings. The monoisotopic (exact) mass is 151 g/mol. The molecule has 0 aromatic rings. The molecule has 0 aliphatic heterocycles. The van der Waals surface area contributed by atoms with E-state index in [1.807, 2.05) is 6.92 Å². The van der Waals surface area contributed by atoms with Crippen molar-refractivity contribution in [2.45, 2.75) is 19.8 Å². The van der Waals surface area contributed by atoms with Gasteiger partial charge in [-0.1, -0.05) is 13.5 Å². The Morgan fingerprint density at radius 2 is 2.36 bits per heavy atom. The molecule has 2 heteroatoms. The van der Waals surface area contributed by atoms with E-state index in [1.165, 1.54) is 0 Å². The van der Waals surface area contributed by atoms with Gasteiger partial charge in [-0.25, -0.2) is 0 Å². The molecule has 0 radical (unpaired) electrons. The lowest BCUT2D eigenvalue weighted by Crippen LogP contribution is -2.25. The van der Waals surface area contributed by atoms with Crippen LogP contribution in [0.5, 0.6) is 0 Å². The van der Waals surface area contributed by atoms with Crippen molar-refractivity contribution in [1.82, 2.24) is 5.32 Å². The van der Waals surface area contributed by atoms with Gasteiger partial charge < -0.3 is 5.32 Å². The molecule has 0 bridgehead atoms. The minimum atomic E-state index is -0.0947. The zero-order valence-electron chi connectivity index (χ0n) is 6.81. The highest BCUT2D eigenvalue weighted by Gasteiger charge is 2.01. The van der Waals surface area contributed by atoms with E-state index in [-0.39, 0.29) is 5.91 Å². The summed E-state index contributed by atoms with van der Waals surface area (Å²) in [7, 11) is 0. The lowest BCUT2D eigenvalue weighted by molar-refractivity contribution is -0.117. The fourth-order valence-corrected chi connectivity index (χ4v) is 0.534. The van der Waals surface area contributed by atoms with Gasteiger partial charge in [0.2, 0.25) is 5.91 Å². The Kier molecular flexibility index (Phi) is 4.93. The highest BCUT2D eigenvalue weighted by molar-refractivity contribution is 5.92.